The molecular formula is C11H11Cl2N3. The third kappa shape index (κ3) is 2.49. The van der Waals surface area contributed by atoms with Crippen molar-refractivity contribution in [1.29, 1.82) is 0 Å². The van der Waals surface area contributed by atoms with Gasteiger partial charge < -0.3 is 5.32 Å². The molecule has 2 N–H and O–H groups in total. The summed E-state index contributed by atoms with van der Waals surface area (Å²) in [5, 5.41) is 11.2. The van der Waals surface area contributed by atoms with Gasteiger partial charge >= 0.3 is 0 Å². The van der Waals surface area contributed by atoms with Crippen molar-refractivity contribution in [2.75, 3.05) is 5.32 Å². The highest BCUT2D eigenvalue weighted by Crippen LogP contribution is 2.28. The second-order valence-electron chi connectivity index (χ2n) is 3.52. The van der Waals surface area contributed by atoms with Crippen molar-refractivity contribution in [3.8, 4) is 0 Å². The number of benzene rings is 1. The van der Waals surface area contributed by atoms with Crippen LogP contribution in [0.4, 0.5) is 5.69 Å². The molecule has 2 rings (SSSR count). The Morgan fingerprint density at radius 3 is 2.81 bits per heavy atom. The van der Waals surface area contributed by atoms with E-state index in [0.29, 0.717) is 10.0 Å². The quantitative estimate of drug-likeness (QED) is 0.874. The molecule has 1 unspecified atom stereocenters. The fourth-order valence-electron chi connectivity index (χ4n) is 1.51. The first-order valence-electron chi connectivity index (χ1n) is 4.87. The van der Waals surface area contributed by atoms with E-state index in [1.807, 2.05) is 19.1 Å². The van der Waals surface area contributed by atoms with Crippen molar-refractivity contribution in [2.45, 2.75) is 13.0 Å². The second kappa shape index (κ2) is 4.76. The van der Waals surface area contributed by atoms with Crippen molar-refractivity contribution in [3.63, 3.8) is 0 Å². The zero-order chi connectivity index (χ0) is 11.5. The van der Waals surface area contributed by atoms with E-state index in [1.165, 1.54) is 0 Å². The summed E-state index contributed by atoms with van der Waals surface area (Å²) in [7, 11) is 0. The smallest absolute Gasteiger partial charge is 0.0728 e. The van der Waals surface area contributed by atoms with Crippen molar-refractivity contribution >= 4 is 28.9 Å². The van der Waals surface area contributed by atoms with Gasteiger partial charge in [-0.1, -0.05) is 29.3 Å². The monoisotopic (exact) mass is 255 g/mol. The van der Waals surface area contributed by atoms with Crippen LogP contribution in [0.15, 0.2) is 30.6 Å². The maximum atomic E-state index is 6.12. The van der Waals surface area contributed by atoms with Crippen LogP contribution in [0.2, 0.25) is 10.0 Å². The third-order valence-electron chi connectivity index (χ3n) is 2.31. The minimum absolute atomic E-state index is 0.0994. The minimum Gasteiger partial charge on any atom is -0.376 e. The summed E-state index contributed by atoms with van der Waals surface area (Å²) in [5.41, 5.74) is 1.94. The van der Waals surface area contributed by atoms with E-state index < -0.39 is 0 Å². The topological polar surface area (TPSA) is 40.7 Å². The standard InChI is InChI=1S/C11H11Cl2N3/c1-7(16-9-5-14-15-6-9)10-3-2-8(12)4-11(10)13/h2-7,16H,1H3,(H,14,15). The summed E-state index contributed by atoms with van der Waals surface area (Å²) >= 11 is 12.0. The number of aromatic nitrogens is 2. The van der Waals surface area contributed by atoms with Crippen LogP contribution in [0.3, 0.4) is 0 Å². The zero-order valence-corrected chi connectivity index (χ0v) is 10.2. The molecular weight excluding hydrogens is 245 g/mol. The molecule has 16 heavy (non-hydrogen) atoms. The summed E-state index contributed by atoms with van der Waals surface area (Å²) in [6.07, 6.45) is 3.51. The molecule has 0 aliphatic heterocycles. The first-order valence-corrected chi connectivity index (χ1v) is 5.62. The normalized spacial score (nSPS) is 12.4. The van der Waals surface area contributed by atoms with E-state index in [-0.39, 0.29) is 6.04 Å². The van der Waals surface area contributed by atoms with Crippen LogP contribution >= 0.6 is 23.2 Å². The predicted molar refractivity (Wildman–Crippen MR) is 67.1 cm³/mol. The fourth-order valence-corrected chi connectivity index (χ4v) is 2.08. The molecule has 1 atom stereocenters. The number of halogens is 2. The predicted octanol–water partition coefficient (Wildman–Crippen LogP) is 3.89. The average molecular weight is 256 g/mol. The van der Waals surface area contributed by atoms with Gasteiger partial charge in [-0.25, -0.2) is 0 Å². The lowest BCUT2D eigenvalue weighted by Gasteiger charge is -2.15. The number of aromatic amines is 1. The molecule has 0 aliphatic carbocycles. The number of hydrogen-bond donors (Lipinski definition) is 2. The first-order chi connectivity index (χ1) is 7.66. The van der Waals surface area contributed by atoms with Crippen LogP contribution in [0, 0.1) is 0 Å². The van der Waals surface area contributed by atoms with Crippen LogP contribution in [-0.2, 0) is 0 Å². The summed E-state index contributed by atoms with van der Waals surface area (Å²) in [5.74, 6) is 0. The third-order valence-corrected chi connectivity index (χ3v) is 2.87. The highest BCUT2D eigenvalue weighted by atomic mass is 35.5. The second-order valence-corrected chi connectivity index (χ2v) is 4.36. The molecule has 1 aromatic carbocycles. The van der Waals surface area contributed by atoms with E-state index in [2.05, 4.69) is 15.5 Å². The maximum absolute atomic E-state index is 6.12. The summed E-state index contributed by atoms with van der Waals surface area (Å²) < 4.78 is 0. The number of anilines is 1. The Bertz CT molecular complexity index is 468. The molecule has 5 heteroatoms. The number of H-pyrrole nitrogens is 1. The summed E-state index contributed by atoms with van der Waals surface area (Å²) in [4.78, 5) is 0. The molecule has 84 valence electrons. The highest BCUT2D eigenvalue weighted by molar-refractivity contribution is 6.35. The summed E-state index contributed by atoms with van der Waals surface area (Å²) in [6, 6.07) is 5.59. The molecule has 0 saturated carbocycles. The Balaban J connectivity index is 2.17. The van der Waals surface area contributed by atoms with Gasteiger partial charge in [-0.15, -0.1) is 0 Å². The molecule has 1 aromatic heterocycles. The van der Waals surface area contributed by atoms with E-state index in [0.717, 1.165) is 11.3 Å². The Hall–Kier alpha value is -1.19. The number of nitrogens with zero attached hydrogens (tertiary/aromatic N) is 1. The Morgan fingerprint density at radius 1 is 1.38 bits per heavy atom. The lowest BCUT2D eigenvalue weighted by Crippen LogP contribution is -2.06. The molecule has 0 radical (unpaired) electrons. The fraction of sp³-hybridized carbons (Fsp3) is 0.182. The van der Waals surface area contributed by atoms with E-state index in [4.69, 9.17) is 23.2 Å². The maximum Gasteiger partial charge on any atom is 0.0728 e. The van der Waals surface area contributed by atoms with Crippen LogP contribution < -0.4 is 5.32 Å². The van der Waals surface area contributed by atoms with Crippen LogP contribution in [0.5, 0.6) is 0 Å². The summed E-state index contributed by atoms with van der Waals surface area (Å²) in [6.45, 7) is 2.03. The van der Waals surface area contributed by atoms with Crippen LogP contribution in [-0.4, -0.2) is 10.2 Å². The Labute approximate surface area is 104 Å². The number of nitrogens with one attached hydrogen (secondary N) is 2. The van der Waals surface area contributed by atoms with Crippen molar-refractivity contribution in [3.05, 3.63) is 46.2 Å². The van der Waals surface area contributed by atoms with Crippen molar-refractivity contribution < 1.29 is 0 Å². The largest absolute Gasteiger partial charge is 0.376 e. The highest BCUT2D eigenvalue weighted by Gasteiger charge is 2.10. The molecule has 1 heterocycles. The van der Waals surface area contributed by atoms with Gasteiger partial charge in [0.25, 0.3) is 0 Å². The van der Waals surface area contributed by atoms with E-state index in [1.54, 1.807) is 18.5 Å². The number of rotatable bonds is 3. The first kappa shape index (κ1) is 11.3. The minimum atomic E-state index is 0.0994. The van der Waals surface area contributed by atoms with Crippen LogP contribution in [0.1, 0.15) is 18.5 Å². The molecule has 0 amide bonds. The van der Waals surface area contributed by atoms with Gasteiger partial charge in [0.1, 0.15) is 0 Å². The van der Waals surface area contributed by atoms with E-state index >= 15 is 0 Å². The van der Waals surface area contributed by atoms with Gasteiger partial charge in [0.2, 0.25) is 0 Å². The molecule has 0 saturated heterocycles. The molecule has 0 spiro atoms. The molecule has 2 aromatic rings. The van der Waals surface area contributed by atoms with Gasteiger partial charge in [0.15, 0.2) is 0 Å². The number of hydrogen-bond acceptors (Lipinski definition) is 2. The van der Waals surface area contributed by atoms with E-state index in [9.17, 15) is 0 Å². The molecule has 0 bridgehead atoms. The lowest BCUT2D eigenvalue weighted by molar-refractivity contribution is 0.885. The van der Waals surface area contributed by atoms with Gasteiger partial charge in [0, 0.05) is 16.2 Å². The molecule has 0 aliphatic rings. The molecule has 3 nitrogen and oxygen atoms in total. The van der Waals surface area contributed by atoms with Crippen molar-refractivity contribution in [1.82, 2.24) is 10.2 Å². The van der Waals surface area contributed by atoms with Gasteiger partial charge in [0.05, 0.1) is 17.9 Å². The SMILES string of the molecule is CC(Nc1cn[nH]c1)c1ccc(Cl)cc1Cl. The van der Waals surface area contributed by atoms with Crippen molar-refractivity contribution in [2.24, 2.45) is 0 Å². The Morgan fingerprint density at radius 2 is 2.19 bits per heavy atom. The molecule has 0 fully saturated rings. The zero-order valence-electron chi connectivity index (χ0n) is 8.67. The lowest BCUT2D eigenvalue weighted by atomic mass is 10.1. The average Bonchev–Trinajstić information content (AvgIpc) is 2.70. The van der Waals surface area contributed by atoms with Gasteiger partial charge in [-0.3, -0.25) is 5.10 Å². The van der Waals surface area contributed by atoms with Crippen LogP contribution in [0.25, 0.3) is 0 Å². The van der Waals surface area contributed by atoms with Gasteiger partial charge in [-0.2, -0.15) is 5.10 Å². The Kier molecular flexibility index (Phi) is 3.36. The van der Waals surface area contributed by atoms with Gasteiger partial charge in [-0.05, 0) is 24.6 Å².